The number of aliphatic hydroxyl groups is 1. The Balaban J connectivity index is 1.46. The number of benzene rings is 1. The third-order valence-corrected chi connectivity index (χ3v) is 3.48. The van der Waals surface area contributed by atoms with Crippen LogP contribution in [-0.4, -0.2) is 50.1 Å². The number of aliphatic hydroxyl groups excluding tert-OH is 1. The fourth-order valence-electron chi connectivity index (χ4n) is 2.21. The minimum atomic E-state index is -0.728. The van der Waals surface area contributed by atoms with Crippen molar-refractivity contribution in [3.05, 3.63) is 54.4 Å². The molecule has 1 unspecified atom stereocenters. The number of ether oxygens (including phenoxy) is 2. The largest absolute Gasteiger partial charge is 0.497 e. The first-order chi connectivity index (χ1) is 12.2. The van der Waals surface area contributed by atoms with Gasteiger partial charge < -0.3 is 14.6 Å². The monoisotopic (exact) mass is 341 g/mol. The summed E-state index contributed by atoms with van der Waals surface area (Å²) in [4.78, 5) is 5.37. The molecule has 0 radical (unpaired) electrons. The Labute approximate surface area is 145 Å². The molecule has 0 bridgehead atoms. The van der Waals surface area contributed by atoms with Gasteiger partial charge in [0.25, 0.3) is 0 Å². The molecule has 2 heterocycles. The van der Waals surface area contributed by atoms with E-state index >= 15 is 0 Å². The quantitative estimate of drug-likeness (QED) is 0.660. The second-order valence-corrected chi connectivity index (χ2v) is 5.43. The van der Waals surface area contributed by atoms with E-state index in [1.807, 2.05) is 30.3 Å². The Morgan fingerprint density at radius 3 is 2.76 bits per heavy atom. The first-order valence-electron chi connectivity index (χ1n) is 7.81. The topological polar surface area (TPSA) is 95.2 Å². The molecule has 0 aliphatic heterocycles. The van der Waals surface area contributed by atoms with Crippen molar-refractivity contribution in [1.29, 1.82) is 0 Å². The number of hydrogen-bond acceptors (Lipinski definition) is 7. The fourth-order valence-corrected chi connectivity index (χ4v) is 2.21. The Morgan fingerprint density at radius 2 is 2.04 bits per heavy atom. The smallest absolute Gasteiger partial charge is 0.206 e. The average Bonchev–Trinajstić information content (AvgIpc) is 3.11. The van der Waals surface area contributed by atoms with Crippen molar-refractivity contribution in [2.24, 2.45) is 0 Å². The van der Waals surface area contributed by atoms with Crippen LogP contribution in [0.25, 0.3) is 11.4 Å². The number of methoxy groups -OCH3 is 1. The minimum absolute atomic E-state index is 0.176. The van der Waals surface area contributed by atoms with E-state index in [9.17, 15) is 5.11 Å². The molecular formula is C17H19N5O3. The van der Waals surface area contributed by atoms with E-state index < -0.39 is 6.10 Å². The Kier molecular flexibility index (Phi) is 5.65. The maximum Gasteiger partial charge on any atom is 0.206 e. The molecule has 2 aromatic heterocycles. The van der Waals surface area contributed by atoms with Crippen LogP contribution < -0.4 is 4.74 Å². The molecule has 130 valence electrons. The lowest BCUT2D eigenvalue weighted by Crippen LogP contribution is -2.23. The van der Waals surface area contributed by atoms with Crippen LogP contribution in [0.15, 0.2) is 48.8 Å². The van der Waals surface area contributed by atoms with Gasteiger partial charge in [-0.2, -0.15) is 4.80 Å². The third-order valence-electron chi connectivity index (χ3n) is 3.48. The average molecular weight is 341 g/mol. The normalized spacial score (nSPS) is 12.1. The first-order valence-corrected chi connectivity index (χ1v) is 7.81. The molecule has 0 fully saturated rings. The van der Waals surface area contributed by atoms with Gasteiger partial charge in [0.15, 0.2) is 0 Å². The highest BCUT2D eigenvalue weighted by Gasteiger charge is 2.10. The Bertz CT molecular complexity index is 776. The van der Waals surface area contributed by atoms with Crippen molar-refractivity contribution in [2.75, 3.05) is 13.7 Å². The molecule has 0 spiro atoms. The number of hydrogen-bond donors (Lipinski definition) is 1. The fraction of sp³-hybridized carbons (Fsp3) is 0.294. The molecule has 25 heavy (non-hydrogen) atoms. The highest BCUT2D eigenvalue weighted by molar-refractivity contribution is 5.51. The van der Waals surface area contributed by atoms with Gasteiger partial charge in [-0.25, -0.2) is 0 Å². The van der Waals surface area contributed by atoms with E-state index in [4.69, 9.17) is 9.47 Å². The molecule has 1 N–H and O–H groups in total. The first kappa shape index (κ1) is 17.0. The van der Waals surface area contributed by atoms with Gasteiger partial charge >= 0.3 is 0 Å². The molecule has 3 rings (SSSR count). The van der Waals surface area contributed by atoms with Crippen molar-refractivity contribution in [2.45, 2.75) is 19.3 Å². The van der Waals surface area contributed by atoms with E-state index in [0.717, 1.165) is 16.9 Å². The van der Waals surface area contributed by atoms with Crippen LogP contribution in [0.2, 0.25) is 0 Å². The summed E-state index contributed by atoms with van der Waals surface area (Å²) >= 11 is 0. The molecule has 1 aromatic carbocycles. The van der Waals surface area contributed by atoms with Crippen LogP contribution in [0, 0.1) is 0 Å². The van der Waals surface area contributed by atoms with Gasteiger partial charge in [0.2, 0.25) is 5.82 Å². The zero-order valence-corrected chi connectivity index (χ0v) is 13.8. The molecule has 0 saturated heterocycles. The minimum Gasteiger partial charge on any atom is -0.497 e. The number of aromatic nitrogens is 5. The molecule has 8 nitrogen and oxygen atoms in total. The van der Waals surface area contributed by atoms with Crippen LogP contribution in [0.5, 0.6) is 5.75 Å². The summed E-state index contributed by atoms with van der Waals surface area (Å²) in [5.41, 5.74) is 1.78. The lowest BCUT2D eigenvalue weighted by atomic mass is 10.2. The number of pyridine rings is 1. The summed E-state index contributed by atoms with van der Waals surface area (Å²) in [6.07, 6.45) is 2.61. The Hall–Kier alpha value is -2.84. The van der Waals surface area contributed by atoms with Gasteiger partial charge in [-0.3, -0.25) is 4.98 Å². The standard InChI is InChI=1S/C17H19N5O3/c1-24-16-6-4-13(5-7-16)11-25-12-15(23)10-22-20-17(19-21-22)14-3-2-8-18-9-14/h2-9,15,23H,10-12H2,1H3. The summed E-state index contributed by atoms with van der Waals surface area (Å²) in [5, 5.41) is 22.2. The van der Waals surface area contributed by atoms with Gasteiger partial charge in [0, 0.05) is 18.0 Å². The van der Waals surface area contributed by atoms with Crippen molar-refractivity contribution in [3.8, 4) is 17.1 Å². The van der Waals surface area contributed by atoms with E-state index in [2.05, 4.69) is 20.4 Å². The van der Waals surface area contributed by atoms with E-state index in [1.54, 1.807) is 25.6 Å². The second-order valence-electron chi connectivity index (χ2n) is 5.43. The molecule has 3 aromatic rings. The lowest BCUT2D eigenvalue weighted by molar-refractivity contribution is 0.0165. The van der Waals surface area contributed by atoms with Crippen LogP contribution in [0.1, 0.15) is 5.56 Å². The predicted octanol–water partition coefficient (Wildman–Crippen LogP) is 1.32. The highest BCUT2D eigenvalue weighted by Crippen LogP contribution is 2.12. The van der Waals surface area contributed by atoms with E-state index in [1.165, 1.54) is 4.80 Å². The van der Waals surface area contributed by atoms with Crippen molar-refractivity contribution in [3.63, 3.8) is 0 Å². The van der Waals surface area contributed by atoms with Crippen LogP contribution in [0.4, 0.5) is 0 Å². The third kappa shape index (κ3) is 4.82. The van der Waals surface area contributed by atoms with Gasteiger partial charge in [-0.15, -0.1) is 10.2 Å². The highest BCUT2D eigenvalue weighted by atomic mass is 16.5. The van der Waals surface area contributed by atoms with Crippen molar-refractivity contribution in [1.82, 2.24) is 25.2 Å². The molecule has 0 aliphatic rings. The van der Waals surface area contributed by atoms with Gasteiger partial charge in [-0.05, 0) is 35.0 Å². The van der Waals surface area contributed by atoms with Crippen molar-refractivity contribution >= 4 is 0 Å². The molecule has 0 amide bonds. The summed E-state index contributed by atoms with van der Waals surface area (Å²) in [6.45, 7) is 0.790. The van der Waals surface area contributed by atoms with Gasteiger partial charge in [-0.1, -0.05) is 12.1 Å². The molecule has 1 atom stereocenters. The second kappa shape index (κ2) is 8.32. The number of nitrogens with zero attached hydrogens (tertiary/aromatic N) is 5. The predicted molar refractivity (Wildman–Crippen MR) is 89.7 cm³/mol. The lowest BCUT2D eigenvalue weighted by Gasteiger charge is -2.10. The summed E-state index contributed by atoms with van der Waals surface area (Å²) in [6, 6.07) is 11.2. The zero-order chi connectivity index (χ0) is 17.5. The van der Waals surface area contributed by atoms with E-state index in [0.29, 0.717) is 12.4 Å². The summed E-state index contributed by atoms with van der Waals surface area (Å²) in [7, 11) is 1.62. The van der Waals surface area contributed by atoms with Gasteiger partial charge in [0.05, 0.1) is 33.0 Å². The Morgan fingerprint density at radius 1 is 1.20 bits per heavy atom. The van der Waals surface area contributed by atoms with Crippen molar-refractivity contribution < 1.29 is 14.6 Å². The maximum absolute atomic E-state index is 10.1. The molecular weight excluding hydrogens is 322 g/mol. The number of tetrazole rings is 1. The molecule has 0 saturated carbocycles. The summed E-state index contributed by atoms with van der Waals surface area (Å²) in [5.74, 6) is 1.27. The van der Waals surface area contributed by atoms with Crippen LogP contribution >= 0.6 is 0 Å². The van der Waals surface area contributed by atoms with E-state index in [-0.39, 0.29) is 13.2 Å². The van der Waals surface area contributed by atoms with Crippen LogP contribution in [0.3, 0.4) is 0 Å². The molecule has 0 aliphatic carbocycles. The SMILES string of the molecule is COc1ccc(COCC(O)Cn2nnc(-c3cccnc3)n2)cc1. The van der Waals surface area contributed by atoms with Gasteiger partial charge in [0.1, 0.15) is 5.75 Å². The molecule has 8 heteroatoms. The zero-order valence-electron chi connectivity index (χ0n) is 13.8. The number of rotatable bonds is 8. The summed E-state index contributed by atoms with van der Waals surface area (Å²) < 4.78 is 10.6. The van der Waals surface area contributed by atoms with Crippen LogP contribution in [-0.2, 0) is 17.9 Å². The maximum atomic E-state index is 10.1.